The molecule has 1 spiro atoms. The summed E-state index contributed by atoms with van der Waals surface area (Å²) in [6.07, 6.45) is 6.66. The quantitative estimate of drug-likeness (QED) is 0.809. The van der Waals surface area contributed by atoms with E-state index < -0.39 is 5.82 Å². The first-order valence-corrected chi connectivity index (χ1v) is 8.22. The first kappa shape index (κ1) is 15.9. The highest BCUT2D eigenvalue weighted by molar-refractivity contribution is 5.95. The number of amides is 1. The first-order valence-electron chi connectivity index (χ1n) is 8.22. The molecule has 4 rings (SSSR count). The minimum atomic E-state index is -0.444. The van der Waals surface area contributed by atoms with Gasteiger partial charge < -0.3 is 9.80 Å². The third-order valence-electron chi connectivity index (χ3n) is 5.12. The molecule has 4 heterocycles. The molecule has 7 nitrogen and oxygen atoms in total. The minimum Gasteiger partial charge on any atom is -0.339 e. The number of hydrogen-bond acceptors (Lipinski definition) is 6. The Labute approximate surface area is 145 Å². The van der Waals surface area contributed by atoms with Crippen molar-refractivity contribution in [3.05, 3.63) is 42.7 Å². The van der Waals surface area contributed by atoms with E-state index in [0.29, 0.717) is 25.6 Å². The number of rotatable bonds is 2. The van der Waals surface area contributed by atoms with E-state index in [1.165, 1.54) is 12.4 Å². The van der Waals surface area contributed by atoms with Crippen molar-refractivity contribution < 1.29 is 9.18 Å². The maximum atomic E-state index is 13.1. The van der Waals surface area contributed by atoms with E-state index in [9.17, 15) is 9.18 Å². The average molecular weight is 342 g/mol. The number of pyridine rings is 1. The lowest BCUT2D eigenvalue weighted by Gasteiger charge is -2.46. The van der Waals surface area contributed by atoms with E-state index in [1.54, 1.807) is 12.4 Å². The van der Waals surface area contributed by atoms with E-state index in [0.717, 1.165) is 18.7 Å². The van der Waals surface area contributed by atoms with Crippen molar-refractivity contribution in [1.29, 1.82) is 0 Å². The molecule has 2 aliphatic rings. The van der Waals surface area contributed by atoms with Gasteiger partial charge in [0, 0.05) is 25.8 Å². The number of halogens is 1. The molecule has 1 amide bonds. The van der Waals surface area contributed by atoms with Gasteiger partial charge in [0.1, 0.15) is 0 Å². The number of piperazine rings is 1. The lowest BCUT2D eigenvalue weighted by Crippen LogP contribution is -2.64. The molecule has 2 aromatic rings. The lowest BCUT2D eigenvalue weighted by molar-refractivity contribution is -0.123. The van der Waals surface area contributed by atoms with E-state index in [2.05, 4.69) is 19.9 Å². The smallest absolute Gasteiger partial charge is 0.241 e. The van der Waals surface area contributed by atoms with Crippen LogP contribution in [-0.4, -0.2) is 64.5 Å². The van der Waals surface area contributed by atoms with Gasteiger partial charge in [0.15, 0.2) is 5.82 Å². The summed E-state index contributed by atoms with van der Waals surface area (Å²) in [5, 5.41) is 0. The van der Waals surface area contributed by atoms with Gasteiger partial charge in [-0.05, 0) is 25.6 Å². The Hall–Kier alpha value is -2.61. The van der Waals surface area contributed by atoms with Gasteiger partial charge in [-0.2, -0.15) is 0 Å². The van der Waals surface area contributed by atoms with Crippen LogP contribution in [0.15, 0.2) is 36.9 Å². The third-order valence-corrected chi connectivity index (χ3v) is 5.12. The van der Waals surface area contributed by atoms with Crippen molar-refractivity contribution in [3.8, 4) is 0 Å². The summed E-state index contributed by atoms with van der Waals surface area (Å²) in [5.74, 6) is 0.148. The molecule has 2 aliphatic heterocycles. The highest BCUT2D eigenvalue weighted by Gasteiger charge is 2.48. The molecule has 0 radical (unpaired) electrons. The predicted molar refractivity (Wildman–Crippen MR) is 90.8 cm³/mol. The second-order valence-corrected chi connectivity index (χ2v) is 6.64. The van der Waals surface area contributed by atoms with Gasteiger partial charge in [-0.25, -0.2) is 14.4 Å². The fourth-order valence-corrected chi connectivity index (χ4v) is 3.64. The molecule has 2 saturated heterocycles. The molecular formula is C17H19FN6O. The normalized spacial score (nSPS) is 24.3. The van der Waals surface area contributed by atoms with Crippen LogP contribution in [0.3, 0.4) is 0 Å². The van der Waals surface area contributed by atoms with E-state index in [4.69, 9.17) is 0 Å². The van der Waals surface area contributed by atoms with Gasteiger partial charge in [-0.3, -0.25) is 14.7 Å². The van der Waals surface area contributed by atoms with Gasteiger partial charge in [-0.15, -0.1) is 0 Å². The summed E-state index contributed by atoms with van der Waals surface area (Å²) in [6.45, 7) is 2.41. The third kappa shape index (κ3) is 2.82. The molecule has 0 aliphatic carbocycles. The van der Waals surface area contributed by atoms with Crippen LogP contribution in [0.25, 0.3) is 0 Å². The van der Waals surface area contributed by atoms with Crippen LogP contribution in [0, 0.1) is 5.82 Å². The van der Waals surface area contributed by atoms with Crippen molar-refractivity contribution in [2.24, 2.45) is 0 Å². The van der Waals surface area contributed by atoms with Crippen molar-refractivity contribution in [2.75, 3.05) is 43.0 Å². The number of aromatic nitrogens is 3. The molecule has 130 valence electrons. The number of carbonyl (C=O) groups excluding carboxylic acids is 1. The predicted octanol–water partition coefficient (Wildman–Crippen LogP) is 0.938. The average Bonchev–Trinajstić information content (AvgIpc) is 3.05. The monoisotopic (exact) mass is 342 g/mol. The van der Waals surface area contributed by atoms with Crippen LogP contribution < -0.4 is 9.80 Å². The Morgan fingerprint density at radius 3 is 2.72 bits per heavy atom. The molecule has 0 bridgehead atoms. The SMILES string of the molecule is CN1CC(=O)N(c2cccnc2)CC12CCN(c1ncc(F)cn1)C2. The summed E-state index contributed by atoms with van der Waals surface area (Å²) in [7, 11) is 1.98. The minimum absolute atomic E-state index is 0.0672. The van der Waals surface area contributed by atoms with Crippen LogP contribution in [0.4, 0.5) is 16.0 Å². The zero-order chi connectivity index (χ0) is 17.4. The Kier molecular flexibility index (Phi) is 3.84. The zero-order valence-corrected chi connectivity index (χ0v) is 14.0. The Morgan fingerprint density at radius 1 is 1.20 bits per heavy atom. The molecule has 1 unspecified atom stereocenters. The molecule has 1 atom stereocenters. The number of hydrogen-bond donors (Lipinski definition) is 0. The summed E-state index contributed by atoms with van der Waals surface area (Å²) in [5.41, 5.74) is 0.637. The standard InChI is InChI=1S/C17H19FN6O/c1-22-10-15(25)24(14-3-2-5-19-9-14)12-17(22)4-6-23(11-17)16-20-7-13(18)8-21-16/h2-3,5,7-9H,4,6,10-12H2,1H3. The number of carbonyl (C=O) groups is 1. The highest BCUT2D eigenvalue weighted by atomic mass is 19.1. The van der Waals surface area contributed by atoms with Crippen LogP contribution in [-0.2, 0) is 4.79 Å². The summed E-state index contributed by atoms with van der Waals surface area (Å²) in [4.78, 5) is 30.8. The molecule has 2 fully saturated rings. The van der Waals surface area contributed by atoms with E-state index in [-0.39, 0.29) is 11.4 Å². The largest absolute Gasteiger partial charge is 0.339 e. The maximum absolute atomic E-state index is 13.1. The van der Waals surface area contributed by atoms with E-state index in [1.807, 2.05) is 29.0 Å². The van der Waals surface area contributed by atoms with Gasteiger partial charge in [0.25, 0.3) is 0 Å². The molecule has 25 heavy (non-hydrogen) atoms. The summed E-state index contributed by atoms with van der Waals surface area (Å²) >= 11 is 0. The van der Waals surface area contributed by atoms with Crippen molar-refractivity contribution in [2.45, 2.75) is 12.0 Å². The zero-order valence-electron chi connectivity index (χ0n) is 14.0. The fourth-order valence-electron chi connectivity index (χ4n) is 3.64. The van der Waals surface area contributed by atoms with Crippen molar-refractivity contribution in [1.82, 2.24) is 19.9 Å². The molecular weight excluding hydrogens is 323 g/mol. The highest BCUT2D eigenvalue weighted by Crippen LogP contribution is 2.34. The van der Waals surface area contributed by atoms with Crippen LogP contribution in [0.2, 0.25) is 0 Å². The Morgan fingerprint density at radius 2 is 2.00 bits per heavy atom. The van der Waals surface area contributed by atoms with Crippen LogP contribution >= 0.6 is 0 Å². The Balaban J connectivity index is 1.58. The van der Waals surface area contributed by atoms with Crippen LogP contribution in [0.1, 0.15) is 6.42 Å². The van der Waals surface area contributed by atoms with Gasteiger partial charge in [0.2, 0.25) is 11.9 Å². The van der Waals surface area contributed by atoms with Crippen molar-refractivity contribution >= 4 is 17.5 Å². The lowest BCUT2D eigenvalue weighted by atomic mass is 9.92. The molecule has 0 N–H and O–H groups in total. The topological polar surface area (TPSA) is 65.5 Å². The summed E-state index contributed by atoms with van der Waals surface area (Å²) in [6, 6.07) is 3.74. The van der Waals surface area contributed by atoms with Crippen LogP contribution in [0.5, 0.6) is 0 Å². The maximum Gasteiger partial charge on any atom is 0.241 e. The molecule has 8 heteroatoms. The van der Waals surface area contributed by atoms with Gasteiger partial charge >= 0.3 is 0 Å². The fraction of sp³-hybridized carbons (Fsp3) is 0.412. The number of anilines is 2. The number of nitrogens with zero attached hydrogens (tertiary/aromatic N) is 6. The molecule has 0 aromatic carbocycles. The summed E-state index contributed by atoms with van der Waals surface area (Å²) < 4.78 is 13.1. The molecule has 2 aromatic heterocycles. The number of likely N-dealkylation sites (N-methyl/N-ethyl adjacent to an activating group) is 1. The van der Waals surface area contributed by atoms with E-state index >= 15 is 0 Å². The van der Waals surface area contributed by atoms with Gasteiger partial charge in [-0.1, -0.05) is 0 Å². The first-order chi connectivity index (χ1) is 12.1. The Bertz CT molecular complexity index is 770. The van der Waals surface area contributed by atoms with Crippen molar-refractivity contribution in [3.63, 3.8) is 0 Å². The second-order valence-electron chi connectivity index (χ2n) is 6.64. The second kappa shape index (κ2) is 6.03. The van der Waals surface area contributed by atoms with Gasteiger partial charge in [0.05, 0.1) is 36.4 Å². The molecule has 0 saturated carbocycles.